The molecule has 23 heavy (non-hydrogen) atoms. The summed E-state index contributed by atoms with van der Waals surface area (Å²) in [6.45, 7) is 4.00. The summed E-state index contributed by atoms with van der Waals surface area (Å²) in [6, 6.07) is 1.97. The standard InChI is InChI=1S/C15H19N5OS2/c1-11-8-23-15(18-11)19-13(21)9-22-14-7-12(16-10-17-14)20-5-3-2-4-6-20/h7-8,10H,2-6,9H2,1H3,(H,18,19,21). The molecule has 3 heterocycles. The molecule has 1 saturated heterocycles. The summed E-state index contributed by atoms with van der Waals surface area (Å²) < 4.78 is 0. The molecule has 1 aliphatic rings. The van der Waals surface area contributed by atoms with E-state index in [1.807, 2.05) is 18.4 Å². The van der Waals surface area contributed by atoms with E-state index >= 15 is 0 Å². The number of nitrogens with zero attached hydrogens (tertiary/aromatic N) is 4. The van der Waals surface area contributed by atoms with Crippen molar-refractivity contribution in [3.05, 3.63) is 23.5 Å². The van der Waals surface area contributed by atoms with E-state index in [2.05, 4.69) is 25.2 Å². The smallest absolute Gasteiger partial charge is 0.236 e. The molecular weight excluding hydrogens is 330 g/mol. The Hall–Kier alpha value is -1.67. The summed E-state index contributed by atoms with van der Waals surface area (Å²) in [4.78, 5) is 27.1. The van der Waals surface area contributed by atoms with Crippen molar-refractivity contribution in [1.29, 1.82) is 0 Å². The number of carbonyl (C=O) groups is 1. The zero-order valence-electron chi connectivity index (χ0n) is 13.0. The number of hydrogen-bond acceptors (Lipinski definition) is 7. The van der Waals surface area contributed by atoms with E-state index in [0.29, 0.717) is 10.9 Å². The van der Waals surface area contributed by atoms with E-state index in [1.165, 1.54) is 42.4 Å². The zero-order valence-corrected chi connectivity index (χ0v) is 14.6. The van der Waals surface area contributed by atoms with Crippen LogP contribution in [0.3, 0.4) is 0 Å². The molecule has 122 valence electrons. The topological polar surface area (TPSA) is 71.0 Å². The van der Waals surface area contributed by atoms with Crippen LogP contribution >= 0.6 is 23.1 Å². The van der Waals surface area contributed by atoms with Crippen LogP contribution in [0, 0.1) is 6.92 Å². The van der Waals surface area contributed by atoms with Gasteiger partial charge in [-0.15, -0.1) is 11.3 Å². The van der Waals surface area contributed by atoms with E-state index in [1.54, 1.807) is 6.33 Å². The van der Waals surface area contributed by atoms with Crippen LogP contribution in [0.25, 0.3) is 0 Å². The number of aryl methyl sites for hydroxylation is 1. The van der Waals surface area contributed by atoms with Gasteiger partial charge in [-0.3, -0.25) is 4.79 Å². The second-order valence-corrected chi connectivity index (χ2v) is 7.25. The molecule has 6 nitrogen and oxygen atoms in total. The number of thiazole rings is 1. The first kappa shape index (κ1) is 16.2. The summed E-state index contributed by atoms with van der Waals surface area (Å²) in [6.07, 6.45) is 5.29. The second-order valence-electron chi connectivity index (χ2n) is 5.39. The molecule has 0 radical (unpaired) electrons. The van der Waals surface area contributed by atoms with Gasteiger partial charge in [-0.1, -0.05) is 11.8 Å². The highest BCUT2D eigenvalue weighted by Crippen LogP contribution is 2.22. The first-order valence-electron chi connectivity index (χ1n) is 7.62. The van der Waals surface area contributed by atoms with Gasteiger partial charge in [0, 0.05) is 24.5 Å². The van der Waals surface area contributed by atoms with Gasteiger partial charge in [-0.05, 0) is 26.2 Å². The summed E-state index contributed by atoms with van der Waals surface area (Å²) in [5.74, 6) is 1.20. The van der Waals surface area contributed by atoms with Crippen molar-refractivity contribution < 1.29 is 4.79 Å². The van der Waals surface area contributed by atoms with Gasteiger partial charge < -0.3 is 10.2 Å². The van der Waals surface area contributed by atoms with Gasteiger partial charge in [0.25, 0.3) is 0 Å². The molecule has 0 unspecified atom stereocenters. The van der Waals surface area contributed by atoms with E-state index in [4.69, 9.17) is 0 Å². The third-order valence-electron chi connectivity index (χ3n) is 3.52. The number of anilines is 2. The average Bonchev–Trinajstić information content (AvgIpc) is 2.99. The lowest BCUT2D eigenvalue weighted by Gasteiger charge is -2.27. The predicted molar refractivity (Wildman–Crippen MR) is 94.3 cm³/mol. The lowest BCUT2D eigenvalue weighted by Crippen LogP contribution is -2.30. The zero-order chi connectivity index (χ0) is 16.1. The Morgan fingerprint density at radius 3 is 2.91 bits per heavy atom. The van der Waals surface area contributed by atoms with Crippen molar-refractivity contribution in [2.45, 2.75) is 31.2 Å². The van der Waals surface area contributed by atoms with Crippen LogP contribution < -0.4 is 10.2 Å². The normalized spacial score (nSPS) is 14.7. The largest absolute Gasteiger partial charge is 0.356 e. The molecule has 3 rings (SSSR count). The molecule has 2 aromatic rings. The van der Waals surface area contributed by atoms with Crippen molar-refractivity contribution >= 4 is 40.0 Å². The lowest BCUT2D eigenvalue weighted by atomic mass is 10.1. The van der Waals surface area contributed by atoms with Gasteiger partial charge in [0.05, 0.1) is 11.4 Å². The Morgan fingerprint density at radius 1 is 1.35 bits per heavy atom. The van der Waals surface area contributed by atoms with Crippen LogP contribution in [-0.2, 0) is 4.79 Å². The lowest BCUT2D eigenvalue weighted by molar-refractivity contribution is -0.113. The van der Waals surface area contributed by atoms with Crippen molar-refractivity contribution in [3.8, 4) is 0 Å². The molecule has 2 aromatic heterocycles. The fraction of sp³-hybridized carbons (Fsp3) is 0.467. The summed E-state index contributed by atoms with van der Waals surface area (Å²) in [5.41, 5.74) is 0.917. The van der Waals surface area contributed by atoms with Crippen LogP contribution in [0.1, 0.15) is 25.0 Å². The number of nitrogens with one attached hydrogen (secondary N) is 1. The van der Waals surface area contributed by atoms with E-state index < -0.39 is 0 Å². The molecule has 0 aromatic carbocycles. The molecule has 0 saturated carbocycles. The number of carbonyl (C=O) groups excluding carboxylic acids is 1. The minimum absolute atomic E-state index is 0.0671. The van der Waals surface area contributed by atoms with Gasteiger partial charge in [0.1, 0.15) is 17.2 Å². The Balaban J connectivity index is 1.54. The number of piperidine rings is 1. The third-order valence-corrected chi connectivity index (χ3v) is 5.33. The van der Waals surface area contributed by atoms with Crippen molar-refractivity contribution in [2.24, 2.45) is 0 Å². The Morgan fingerprint density at radius 2 is 2.17 bits per heavy atom. The molecular formula is C15H19N5OS2. The molecule has 0 atom stereocenters. The van der Waals surface area contributed by atoms with Gasteiger partial charge in [-0.25, -0.2) is 15.0 Å². The van der Waals surface area contributed by atoms with Crippen molar-refractivity contribution in [1.82, 2.24) is 15.0 Å². The average molecular weight is 349 g/mol. The molecule has 1 aliphatic heterocycles. The number of hydrogen-bond donors (Lipinski definition) is 1. The minimum Gasteiger partial charge on any atom is -0.356 e. The van der Waals surface area contributed by atoms with Crippen LogP contribution in [0.5, 0.6) is 0 Å². The molecule has 1 amide bonds. The van der Waals surface area contributed by atoms with Crippen LogP contribution in [0.4, 0.5) is 10.9 Å². The molecule has 0 aliphatic carbocycles. The quantitative estimate of drug-likeness (QED) is 0.661. The summed E-state index contributed by atoms with van der Waals surface area (Å²) in [5, 5.41) is 6.19. The van der Waals surface area contributed by atoms with Crippen LogP contribution in [0.15, 0.2) is 22.8 Å². The fourth-order valence-corrected chi connectivity index (χ4v) is 3.78. The fourth-order valence-electron chi connectivity index (χ4n) is 2.41. The highest BCUT2D eigenvalue weighted by atomic mass is 32.2. The number of thioether (sulfide) groups is 1. The molecule has 1 fully saturated rings. The van der Waals surface area contributed by atoms with Gasteiger partial charge >= 0.3 is 0 Å². The summed E-state index contributed by atoms with van der Waals surface area (Å²) in [7, 11) is 0. The van der Waals surface area contributed by atoms with Gasteiger partial charge in [0.2, 0.25) is 5.91 Å². The van der Waals surface area contributed by atoms with E-state index in [-0.39, 0.29) is 5.91 Å². The molecule has 0 bridgehead atoms. The highest BCUT2D eigenvalue weighted by molar-refractivity contribution is 7.99. The number of amides is 1. The maximum Gasteiger partial charge on any atom is 0.236 e. The molecule has 8 heteroatoms. The monoisotopic (exact) mass is 349 g/mol. The number of rotatable bonds is 5. The first-order chi connectivity index (χ1) is 11.2. The maximum absolute atomic E-state index is 12.0. The van der Waals surface area contributed by atoms with E-state index in [9.17, 15) is 4.79 Å². The van der Waals surface area contributed by atoms with Crippen molar-refractivity contribution in [3.63, 3.8) is 0 Å². The van der Waals surface area contributed by atoms with Gasteiger partial charge in [0.15, 0.2) is 5.13 Å². The highest BCUT2D eigenvalue weighted by Gasteiger charge is 2.13. The van der Waals surface area contributed by atoms with Crippen LogP contribution in [-0.4, -0.2) is 39.7 Å². The third kappa shape index (κ3) is 4.65. The minimum atomic E-state index is -0.0671. The molecule has 1 N–H and O–H groups in total. The second kappa shape index (κ2) is 7.74. The Bertz CT molecular complexity index is 669. The SMILES string of the molecule is Cc1csc(NC(=O)CSc2cc(N3CCCCC3)ncn2)n1. The van der Waals surface area contributed by atoms with Crippen molar-refractivity contribution in [2.75, 3.05) is 29.1 Å². The maximum atomic E-state index is 12.0. The van der Waals surface area contributed by atoms with Crippen LogP contribution in [0.2, 0.25) is 0 Å². The van der Waals surface area contributed by atoms with Gasteiger partial charge in [-0.2, -0.15) is 0 Å². The number of aromatic nitrogens is 3. The van der Waals surface area contributed by atoms with E-state index in [0.717, 1.165) is 29.6 Å². The summed E-state index contributed by atoms with van der Waals surface area (Å²) >= 11 is 2.86. The Kier molecular flexibility index (Phi) is 5.45. The molecule has 0 spiro atoms. The Labute approximate surface area is 143 Å². The first-order valence-corrected chi connectivity index (χ1v) is 9.49. The predicted octanol–water partition coefficient (Wildman–Crippen LogP) is 2.96.